The van der Waals surface area contributed by atoms with Crippen molar-refractivity contribution >= 4 is 33.3 Å². The van der Waals surface area contributed by atoms with E-state index in [4.69, 9.17) is 0 Å². The summed E-state index contributed by atoms with van der Waals surface area (Å²) < 4.78 is 1.16. The molecule has 2 fully saturated rings. The van der Waals surface area contributed by atoms with Crippen LogP contribution in [0.15, 0.2) is 17.8 Å². The molecule has 2 saturated heterocycles. The molecule has 0 aromatic carbocycles. The number of hydrogen-bond acceptors (Lipinski definition) is 5. The number of carbonyl (C=O) groups excluding carboxylic acids is 1. The van der Waals surface area contributed by atoms with Gasteiger partial charge in [0.05, 0.1) is 10.2 Å². The zero-order chi connectivity index (χ0) is 16.5. The van der Waals surface area contributed by atoms with E-state index in [1.54, 1.807) is 17.7 Å². The number of thiophene rings is 1. The van der Waals surface area contributed by atoms with Gasteiger partial charge in [0, 0.05) is 32.1 Å². The number of nitrogens with zero attached hydrogens (tertiary/aromatic N) is 4. The van der Waals surface area contributed by atoms with Crippen LogP contribution >= 0.6 is 11.3 Å². The van der Waals surface area contributed by atoms with Crippen LogP contribution in [0, 0.1) is 11.8 Å². The number of hydrogen-bond donors (Lipinski definition) is 0. The van der Waals surface area contributed by atoms with Gasteiger partial charge in [0.2, 0.25) is 5.91 Å². The highest BCUT2D eigenvalue weighted by atomic mass is 32.1. The lowest BCUT2D eigenvalue weighted by Crippen LogP contribution is -2.46. The fraction of sp³-hybridized carbons (Fsp3) is 0.611. The molecule has 5 nitrogen and oxygen atoms in total. The molecule has 0 radical (unpaired) electrons. The first-order chi connectivity index (χ1) is 11.7. The van der Waals surface area contributed by atoms with E-state index >= 15 is 0 Å². The first kappa shape index (κ1) is 15.8. The largest absolute Gasteiger partial charge is 0.355 e. The molecule has 2 aromatic rings. The fourth-order valence-electron chi connectivity index (χ4n) is 3.99. The minimum Gasteiger partial charge on any atom is -0.355 e. The van der Waals surface area contributed by atoms with Crippen LogP contribution in [0.5, 0.6) is 0 Å². The van der Waals surface area contributed by atoms with Crippen molar-refractivity contribution < 1.29 is 4.79 Å². The summed E-state index contributed by atoms with van der Waals surface area (Å²) in [6, 6.07) is 2.04. The maximum atomic E-state index is 12.8. The summed E-state index contributed by atoms with van der Waals surface area (Å²) >= 11 is 1.70. The van der Waals surface area contributed by atoms with Crippen molar-refractivity contribution in [1.29, 1.82) is 0 Å². The normalized spacial score (nSPS) is 23.0. The van der Waals surface area contributed by atoms with Crippen molar-refractivity contribution in [3.63, 3.8) is 0 Å². The van der Waals surface area contributed by atoms with E-state index in [0.29, 0.717) is 11.8 Å². The molecule has 0 N–H and O–H groups in total. The quantitative estimate of drug-likeness (QED) is 0.840. The molecule has 1 atom stereocenters. The molecule has 0 saturated carbocycles. The maximum Gasteiger partial charge on any atom is 0.225 e. The molecule has 4 rings (SSSR count). The predicted molar refractivity (Wildman–Crippen MR) is 97.3 cm³/mol. The number of piperidine rings is 2. The molecule has 2 aliphatic heterocycles. The van der Waals surface area contributed by atoms with Gasteiger partial charge >= 0.3 is 0 Å². The van der Waals surface area contributed by atoms with E-state index < -0.39 is 0 Å². The standard InChI is InChI=1S/C18H24N4OS/c1-13-3-2-7-22(11-13)18(23)14-4-8-21(9-5-14)17-16-15(6-10-24-16)19-12-20-17/h6,10,12-14H,2-5,7-9,11H2,1H3/t13-/m1/s1. The number of fused-ring (bicyclic) bond motifs is 1. The molecular weight excluding hydrogens is 320 g/mol. The Labute approximate surface area is 146 Å². The molecule has 24 heavy (non-hydrogen) atoms. The smallest absolute Gasteiger partial charge is 0.225 e. The third-order valence-corrected chi connectivity index (χ3v) is 6.24. The van der Waals surface area contributed by atoms with E-state index in [-0.39, 0.29) is 5.92 Å². The highest BCUT2D eigenvalue weighted by Gasteiger charge is 2.31. The Kier molecular flexibility index (Phi) is 4.39. The van der Waals surface area contributed by atoms with Crippen LogP contribution < -0.4 is 4.90 Å². The van der Waals surface area contributed by atoms with E-state index in [0.717, 1.165) is 61.5 Å². The molecule has 0 aliphatic carbocycles. The Morgan fingerprint density at radius 3 is 2.83 bits per heavy atom. The Morgan fingerprint density at radius 2 is 2.04 bits per heavy atom. The molecule has 4 heterocycles. The van der Waals surface area contributed by atoms with Crippen LogP contribution in [0.1, 0.15) is 32.6 Å². The molecule has 6 heteroatoms. The van der Waals surface area contributed by atoms with Gasteiger partial charge in [-0.05, 0) is 43.0 Å². The van der Waals surface area contributed by atoms with Crippen molar-refractivity contribution in [1.82, 2.24) is 14.9 Å². The van der Waals surface area contributed by atoms with Crippen LogP contribution in [0.4, 0.5) is 5.82 Å². The number of amides is 1. The summed E-state index contributed by atoms with van der Waals surface area (Å²) in [5.41, 5.74) is 1.02. The van der Waals surface area contributed by atoms with E-state index in [2.05, 4.69) is 32.1 Å². The van der Waals surface area contributed by atoms with Crippen LogP contribution in [-0.4, -0.2) is 47.0 Å². The van der Waals surface area contributed by atoms with E-state index in [1.165, 1.54) is 6.42 Å². The van der Waals surface area contributed by atoms with Gasteiger partial charge in [-0.3, -0.25) is 4.79 Å². The Morgan fingerprint density at radius 1 is 1.21 bits per heavy atom. The van der Waals surface area contributed by atoms with Crippen LogP contribution in [0.2, 0.25) is 0 Å². The minimum absolute atomic E-state index is 0.187. The lowest BCUT2D eigenvalue weighted by molar-refractivity contribution is -0.137. The molecule has 0 unspecified atom stereocenters. The average molecular weight is 344 g/mol. The molecule has 0 bridgehead atoms. The summed E-state index contributed by atoms with van der Waals surface area (Å²) in [6.45, 7) is 5.96. The van der Waals surface area contributed by atoms with Gasteiger partial charge in [-0.25, -0.2) is 9.97 Å². The summed E-state index contributed by atoms with van der Waals surface area (Å²) in [7, 11) is 0. The van der Waals surface area contributed by atoms with Gasteiger partial charge in [0.15, 0.2) is 0 Å². The molecule has 2 aliphatic rings. The van der Waals surface area contributed by atoms with E-state index in [9.17, 15) is 4.79 Å². The van der Waals surface area contributed by atoms with Gasteiger partial charge in [0.25, 0.3) is 0 Å². The van der Waals surface area contributed by atoms with Crippen molar-refractivity contribution in [3.05, 3.63) is 17.8 Å². The first-order valence-corrected chi connectivity index (χ1v) is 9.82. The van der Waals surface area contributed by atoms with Crippen LogP contribution in [0.3, 0.4) is 0 Å². The third kappa shape index (κ3) is 2.99. The van der Waals surface area contributed by atoms with Gasteiger partial charge in [0.1, 0.15) is 12.1 Å². The number of aromatic nitrogens is 2. The summed E-state index contributed by atoms with van der Waals surface area (Å²) in [6.07, 6.45) is 5.92. The third-order valence-electron chi connectivity index (χ3n) is 5.34. The minimum atomic E-state index is 0.187. The molecule has 2 aromatic heterocycles. The van der Waals surface area contributed by atoms with Crippen molar-refractivity contribution in [2.75, 3.05) is 31.1 Å². The lowest BCUT2D eigenvalue weighted by atomic mass is 9.93. The molecule has 0 spiro atoms. The summed E-state index contributed by atoms with van der Waals surface area (Å²) in [5, 5.41) is 2.07. The second-order valence-electron chi connectivity index (χ2n) is 7.13. The zero-order valence-corrected chi connectivity index (χ0v) is 15.0. The number of anilines is 1. The first-order valence-electron chi connectivity index (χ1n) is 8.94. The second kappa shape index (κ2) is 6.67. The number of carbonyl (C=O) groups is 1. The van der Waals surface area contributed by atoms with Crippen molar-refractivity contribution in [3.8, 4) is 0 Å². The summed E-state index contributed by atoms with van der Waals surface area (Å²) in [5.74, 6) is 2.25. The monoisotopic (exact) mass is 344 g/mol. The Hall–Kier alpha value is -1.69. The van der Waals surface area contributed by atoms with Crippen LogP contribution in [-0.2, 0) is 4.79 Å². The average Bonchev–Trinajstić information content (AvgIpc) is 3.10. The fourth-order valence-corrected chi connectivity index (χ4v) is 4.85. The SMILES string of the molecule is C[C@@H]1CCCN(C(=O)C2CCN(c3ncnc4ccsc34)CC2)C1. The highest BCUT2D eigenvalue weighted by molar-refractivity contribution is 7.17. The second-order valence-corrected chi connectivity index (χ2v) is 8.04. The van der Waals surface area contributed by atoms with Gasteiger partial charge in [-0.15, -0.1) is 11.3 Å². The van der Waals surface area contributed by atoms with Crippen LogP contribution in [0.25, 0.3) is 10.2 Å². The van der Waals surface area contributed by atoms with Crippen molar-refractivity contribution in [2.24, 2.45) is 11.8 Å². The molecule has 128 valence electrons. The van der Waals surface area contributed by atoms with Gasteiger partial charge in [-0.2, -0.15) is 0 Å². The Balaban J connectivity index is 1.41. The van der Waals surface area contributed by atoms with Gasteiger partial charge in [-0.1, -0.05) is 6.92 Å². The lowest BCUT2D eigenvalue weighted by Gasteiger charge is -2.37. The molecule has 1 amide bonds. The number of likely N-dealkylation sites (tertiary alicyclic amines) is 1. The van der Waals surface area contributed by atoms with Gasteiger partial charge < -0.3 is 9.80 Å². The molecular formula is C18H24N4OS. The topological polar surface area (TPSA) is 49.3 Å². The number of rotatable bonds is 2. The van der Waals surface area contributed by atoms with E-state index in [1.807, 2.05) is 6.07 Å². The zero-order valence-electron chi connectivity index (χ0n) is 14.1. The Bertz CT molecular complexity index is 723. The summed E-state index contributed by atoms with van der Waals surface area (Å²) in [4.78, 5) is 26.0. The maximum absolute atomic E-state index is 12.8. The predicted octanol–water partition coefficient (Wildman–Crippen LogP) is 3.17. The van der Waals surface area contributed by atoms with Crippen molar-refractivity contribution in [2.45, 2.75) is 32.6 Å². The highest BCUT2D eigenvalue weighted by Crippen LogP contribution is 2.31.